The quantitative estimate of drug-likeness (QED) is 0.548. The second kappa shape index (κ2) is 3.68. The summed E-state index contributed by atoms with van der Waals surface area (Å²) in [6, 6.07) is 0. The highest BCUT2D eigenvalue weighted by atomic mass is 16.7. The first-order chi connectivity index (χ1) is 4.86. The van der Waals surface area contributed by atoms with Crippen LogP contribution in [0.3, 0.4) is 0 Å². The van der Waals surface area contributed by atoms with Gasteiger partial charge in [0.25, 0.3) is 0 Å². The van der Waals surface area contributed by atoms with Gasteiger partial charge in [-0.05, 0) is 6.42 Å². The van der Waals surface area contributed by atoms with Crippen LogP contribution in [-0.2, 0) is 14.3 Å². The second-order valence-corrected chi connectivity index (χ2v) is 2.36. The third kappa shape index (κ3) is 1.78. The molecule has 0 aromatic rings. The molecule has 0 N–H and O–H groups in total. The van der Waals surface area contributed by atoms with E-state index in [9.17, 15) is 4.79 Å². The van der Waals surface area contributed by atoms with Crippen molar-refractivity contribution in [2.45, 2.75) is 32.2 Å². The zero-order valence-electron chi connectivity index (χ0n) is 6.08. The summed E-state index contributed by atoms with van der Waals surface area (Å²) in [6.07, 6.45) is 2.23. The largest absolute Gasteiger partial charge is 0.349 e. The van der Waals surface area contributed by atoms with Crippen molar-refractivity contribution >= 4 is 6.29 Å². The Kier molecular flexibility index (Phi) is 2.83. The van der Waals surface area contributed by atoms with Crippen LogP contribution in [-0.4, -0.2) is 25.3 Å². The molecule has 1 fully saturated rings. The lowest BCUT2D eigenvalue weighted by Gasteiger charge is -2.05. The van der Waals surface area contributed by atoms with E-state index in [1.54, 1.807) is 0 Å². The van der Waals surface area contributed by atoms with Crippen molar-refractivity contribution in [2.24, 2.45) is 0 Å². The lowest BCUT2D eigenvalue weighted by molar-refractivity contribution is -0.119. The smallest absolute Gasteiger partial charge is 0.158 e. The summed E-state index contributed by atoms with van der Waals surface area (Å²) in [5.74, 6) is 0. The number of ether oxygens (including phenoxy) is 2. The molecule has 0 amide bonds. The van der Waals surface area contributed by atoms with E-state index in [4.69, 9.17) is 9.47 Å². The first kappa shape index (κ1) is 7.69. The van der Waals surface area contributed by atoms with Crippen LogP contribution in [0.5, 0.6) is 0 Å². The summed E-state index contributed by atoms with van der Waals surface area (Å²) >= 11 is 0. The minimum Gasteiger partial charge on any atom is -0.349 e. The van der Waals surface area contributed by atoms with E-state index in [1.807, 2.05) is 0 Å². The molecule has 58 valence electrons. The first-order valence-electron chi connectivity index (χ1n) is 3.59. The summed E-state index contributed by atoms with van der Waals surface area (Å²) in [5.41, 5.74) is 0. The molecule has 1 heterocycles. The van der Waals surface area contributed by atoms with Gasteiger partial charge in [0.05, 0.1) is 6.61 Å². The van der Waals surface area contributed by atoms with Crippen molar-refractivity contribution in [3.05, 3.63) is 0 Å². The van der Waals surface area contributed by atoms with Gasteiger partial charge in [0.1, 0.15) is 6.10 Å². The van der Waals surface area contributed by atoms with E-state index in [0.29, 0.717) is 6.61 Å². The van der Waals surface area contributed by atoms with Gasteiger partial charge < -0.3 is 14.3 Å². The molecule has 0 aromatic carbocycles. The molecule has 0 bridgehead atoms. The molecule has 0 spiro atoms. The second-order valence-electron chi connectivity index (χ2n) is 2.36. The molecule has 1 rings (SSSR count). The topological polar surface area (TPSA) is 35.5 Å². The van der Waals surface area contributed by atoms with Crippen LogP contribution in [0.25, 0.3) is 0 Å². The maximum Gasteiger partial charge on any atom is 0.158 e. The van der Waals surface area contributed by atoms with E-state index in [2.05, 4.69) is 6.92 Å². The summed E-state index contributed by atoms with van der Waals surface area (Å²) in [6.45, 7) is 2.48. The van der Waals surface area contributed by atoms with Crippen molar-refractivity contribution in [1.82, 2.24) is 0 Å². The zero-order valence-corrected chi connectivity index (χ0v) is 6.08. The molecule has 1 saturated heterocycles. The molecular formula is C7H12O3. The first-order valence-corrected chi connectivity index (χ1v) is 3.59. The summed E-state index contributed by atoms with van der Waals surface area (Å²) < 4.78 is 10.3. The lowest BCUT2D eigenvalue weighted by atomic mass is 10.3. The van der Waals surface area contributed by atoms with Gasteiger partial charge in [-0.25, -0.2) is 0 Å². The molecule has 3 heteroatoms. The number of aldehydes is 1. The van der Waals surface area contributed by atoms with Gasteiger partial charge in [0, 0.05) is 0 Å². The molecule has 0 radical (unpaired) electrons. The highest BCUT2D eigenvalue weighted by molar-refractivity contribution is 5.56. The molecule has 10 heavy (non-hydrogen) atoms. The molecule has 0 aliphatic carbocycles. The van der Waals surface area contributed by atoms with Gasteiger partial charge in [-0.2, -0.15) is 0 Å². The van der Waals surface area contributed by atoms with Crippen molar-refractivity contribution in [1.29, 1.82) is 0 Å². The van der Waals surface area contributed by atoms with Crippen LogP contribution in [0.4, 0.5) is 0 Å². The maximum absolute atomic E-state index is 10.2. The molecule has 1 unspecified atom stereocenters. The van der Waals surface area contributed by atoms with Crippen molar-refractivity contribution < 1.29 is 14.3 Å². The molecule has 0 saturated carbocycles. The Labute approximate surface area is 60.3 Å². The molecule has 2 atom stereocenters. The van der Waals surface area contributed by atoms with E-state index >= 15 is 0 Å². The van der Waals surface area contributed by atoms with Gasteiger partial charge >= 0.3 is 0 Å². The fraction of sp³-hybridized carbons (Fsp3) is 0.857. The third-order valence-corrected chi connectivity index (χ3v) is 1.45. The van der Waals surface area contributed by atoms with Crippen LogP contribution in [0.1, 0.15) is 19.8 Å². The Hall–Kier alpha value is -0.410. The van der Waals surface area contributed by atoms with Crippen LogP contribution in [0.2, 0.25) is 0 Å². The average molecular weight is 144 g/mol. The van der Waals surface area contributed by atoms with Crippen LogP contribution >= 0.6 is 0 Å². The highest BCUT2D eigenvalue weighted by Crippen LogP contribution is 2.13. The van der Waals surface area contributed by atoms with Crippen molar-refractivity contribution in [3.63, 3.8) is 0 Å². The predicted octanol–water partition coefficient (Wildman–Crippen LogP) is 0.727. The van der Waals surface area contributed by atoms with Gasteiger partial charge in [-0.15, -0.1) is 0 Å². The van der Waals surface area contributed by atoms with Gasteiger partial charge in [-0.1, -0.05) is 13.3 Å². The highest BCUT2D eigenvalue weighted by Gasteiger charge is 2.23. The lowest BCUT2D eigenvalue weighted by Crippen LogP contribution is -2.12. The Balaban J connectivity index is 2.21. The minimum absolute atomic E-state index is 0.139. The zero-order chi connectivity index (χ0) is 7.40. The van der Waals surface area contributed by atoms with E-state index in [0.717, 1.165) is 19.1 Å². The standard InChI is InChI=1S/C7H12O3/c1-2-3-7-9-5-6(4-8)10-7/h4,6-7H,2-3,5H2,1H3/t6-,7?/m0/s1. The summed E-state index contributed by atoms with van der Waals surface area (Å²) in [7, 11) is 0. The normalized spacial score (nSPS) is 32.5. The Morgan fingerprint density at radius 3 is 3.00 bits per heavy atom. The summed E-state index contributed by atoms with van der Waals surface area (Å²) in [5, 5.41) is 0. The molecule has 1 aliphatic heterocycles. The Morgan fingerprint density at radius 1 is 1.70 bits per heavy atom. The summed E-state index contributed by atoms with van der Waals surface area (Å²) in [4.78, 5) is 10.2. The van der Waals surface area contributed by atoms with Crippen molar-refractivity contribution in [2.75, 3.05) is 6.61 Å². The van der Waals surface area contributed by atoms with Gasteiger partial charge in [0.15, 0.2) is 12.6 Å². The van der Waals surface area contributed by atoms with E-state index in [-0.39, 0.29) is 12.4 Å². The maximum atomic E-state index is 10.2. The predicted molar refractivity (Wildman–Crippen MR) is 35.6 cm³/mol. The van der Waals surface area contributed by atoms with E-state index in [1.165, 1.54) is 0 Å². The van der Waals surface area contributed by atoms with Gasteiger partial charge in [-0.3, -0.25) is 0 Å². The average Bonchev–Trinajstić information content (AvgIpc) is 2.37. The monoisotopic (exact) mass is 144 g/mol. The fourth-order valence-corrected chi connectivity index (χ4v) is 0.934. The molecule has 3 nitrogen and oxygen atoms in total. The van der Waals surface area contributed by atoms with Crippen LogP contribution < -0.4 is 0 Å². The van der Waals surface area contributed by atoms with Crippen LogP contribution in [0, 0.1) is 0 Å². The SMILES string of the molecule is CCCC1OC[C@H](C=O)O1. The Bertz CT molecular complexity index is 113. The van der Waals surface area contributed by atoms with Gasteiger partial charge in [0.2, 0.25) is 0 Å². The minimum atomic E-state index is -0.323. The number of hydrogen-bond donors (Lipinski definition) is 0. The number of carbonyl (C=O) groups excluding carboxylic acids is 1. The fourth-order valence-electron chi connectivity index (χ4n) is 0.934. The van der Waals surface area contributed by atoms with Crippen LogP contribution in [0.15, 0.2) is 0 Å². The number of carbonyl (C=O) groups is 1. The molecule has 1 aliphatic rings. The number of rotatable bonds is 3. The Morgan fingerprint density at radius 2 is 2.50 bits per heavy atom. The number of hydrogen-bond acceptors (Lipinski definition) is 3. The van der Waals surface area contributed by atoms with E-state index < -0.39 is 0 Å². The molecular weight excluding hydrogens is 132 g/mol. The third-order valence-electron chi connectivity index (χ3n) is 1.45. The van der Waals surface area contributed by atoms with Crippen molar-refractivity contribution in [3.8, 4) is 0 Å². The molecule has 0 aromatic heterocycles.